The third kappa shape index (κ3) is 7.33. The van der Waals surface area contributed by atoms with Gasteiger partial charge in [0, 0.05) is 62.2 Å². The number of aliphatic imine (C=N–C) groups is 1. The maximum absolute atomic E-state index is 13.3. The molecule has 3 unspecified atom stereocenters. The number of amides is 3. The Morgan fingerprint density at radius 1 is 1.18 bits per heavy atom. The molecule has 2 aliphatic rings. The van der Waals surface area contributed by atoms with Crippen molar-refractivity contribution in [3.8, 4) is 0 Å². The molecule has 210 valence electrons. The first-order chi connectivity index (χ1) is 18.6. The number of anilines is 1. The van der Waals surface area contributed by atoms with E-state index in [2.05, 4.69) is 38.4 Å². The summed E-state index contributed by atoms with van der Waals surface area (Å²) in [5.41, 5.74) is 7.12. The van der Waals surface area contributed by atoms with E-state index < -0.39 is 18.0 Å². The van der Waals surface area contributed by atoms with E-state index in [1.54, 1.807) is 50.3 Å². The van der Waals surface area contributed by atoms with Crippen molar-refractivity contribution in [3.63, 3.8) is 0 Å². The highest BCUT2D eigenvalue weighted by Gasteiger charge is 2.37. The molecule has 1 aromatic carbocycles. The molecule has 0 saturated heterocycles. The Bertz CT molecular complexity index is 1230. The summed E-state index contributed by atoms with van der Waals surface area (Å²) in [5, 5.41) is 6.87. The minimum absolute atomic E-state index is 0.0125. The monoisotopic (exact) mass is 574 g/mol. The van der Waals surface area contributed by atoms with E-state index in [0.717, 1.165) is 30.1 Å². The molecule has 0 spiro atoms. The minimum atomic E-state index is -0.458. The lowest BCUT2D eigenvalue weighted by atomic mass is 9.81. The lowest BCUT2D eigenvalue weighted by molar-refractivity contribution is -0.134. The van der Waals surface area contributed by atoms with E-state index in [9.17, 15) is 14.4 Å². The summed E-state index contributed by atoms with van der Waals surface area (Å²) < 4.78 is 0. The van der Waals surface area contributed by atoms with Crippen LogP contribution in [0.15, 0.2) is 29.3 Å². The fourth-order valence-corrected chi connectivity index (χ4v) is 6.08. The Morgan fingerprint density at radius 2 is 1.92 bits per heavy atom. The predicted octanol–water partition coefficient (Wildman–Crippen LogP) is 1.90. The van der Waals surface area contributed by atoms with Gasteiger partial charge in [-0.15, -0.1) is 11.3 Å². The summed E-state index contributed by atoms with van der Waals surface area (Å²) in [6, 6.07) is 5.88. The first-order valence-electron chi connectivity index (χ1n) is 12.9. The third-order valence-electron chi connectivity index (χ3n) is 6.89. The van der Waals surface area contributed by atoms with Gasteiger partial charge in [-0.2, -0.15) is 0 Å². The molecular weight excluding hydrogens is 540 g/mol. The number of hydrogen-bond donors (Lipinski definition) is 4. The van der Waals surface area contributed by atoms with E-state index in [0.29, 0.717) is 35.0 Å². The number of fused-ring (bicyclic) bond motifs is 1. The van der Waals surface area contributed by atoms with Crippen LogP contribution in [0.1, 0.15) is 39.6 Å². The van der Waals surface area contributed by atoms with Gasteiger partial charge in [-0.05, 0) is 50.6 Å². The fraction of sp³-hybridized carbons (Fsp3) is 0.500. The molecule has 3 amide bonds. The molecule has 3 atom stereocenters. The molecule has 11 nitrogen and oxygen atoms in total. The minimum Gasteiger partial charge on any atom is -0.349 e. The van der Waals surface area contributed by atoms with Gasteiger partial charge in [0.2, 0.25) is 11.7 Å². The number of nitrogens with one attached hydrogen (secondary N) is 4. The Kier molecular flexibility index (Phi) is 9.54. The van der Waals surface area contributed by atoms with Gasteiger partial charge >= 0.3 is 0 Å². The number of hydrazine groups is 1. The molecule has 39 heavy (non-hydrogen) atoms. The second kappa shape index (κ2) is 12.9. The van der Waals surface area contributed by atoms with Crippen LogP contribution in [-0.4, -0.2) is 85.2 Å². The fourth-order valence-electron chi connectivity index (χ4n) is 4.86. The second-order valence-corrected chi connectivity index (χ2v) is 11.6. The lowest BCUT2D eigenvalue weighted by Crippen LogP contribution is -2.51. The zero-order valence-electron chi connectivity index (χ0n) is 22.6. The van der Waals surface area contributed by atoms with Gasteiger partial charge in [-0.3, -0.25) is 19.4 Å². The van der Waals surface area contributed by atoms with Gasteiger partial charge in [0.25, 0.3) is 11.8 Å². The van der Waals surface area contributed by atoms with Crippen molar-refractivity contribution < 1.29 is 14.4 Å². The summed E-state index contributed by atoms with van der Waals surface area (Å²) in [5.74, 6) is -0.896. The maximum atomic E-state index is 13.3. The number of amidine groups is 1. The largest absolute Gasteiger partial charge is 0.349 e. The standard InChI is InChI=1S/C26H35ClN8O3S/c1-28-33-22(23(36)29-17-8-6-16(27)7-9-17)30-18-10-5-15(26(38)34(2)3)13-20(18)31-24(37)25-32-19-11-12-35(4)14-21(19)39-25/h6-9,15,18,20,28H,5,10-14H2,1-4H3,(H,29,36)(H,30,33)(H,31,37). The number of carbonyl (C=O) groups excluding carboxylic acids is 3. The molecule has 1 fully saturated rings. The van der Waals surface area contributed by atoms with Gasteiger partial charge < -0.3 is 25.9 Å². The van der Waals surface area contributed by atoms with Gasteiger partial charge in [0.1, 0.15) is 0 Å². The smallest absolute Gasteiger partial charge is 0.292 e. The summed E-state index contributed by atoms with van der Waals surface area (Å²) >= 11 is 7.36. The van der Waals surface area contributed by atoms with E-state index in [-0.39, 0.29) is 23.6 Å². The first-order valence-corrected chi connectivity index (χ1v) is 14.1. The van der Waals surface area contributed by atoms with Crippen molar-refractivity contribution in [3.05, 3.63) is 44.9 Å². The molecule has 1 saturated carbocycles. The average Bonchev–Trinajstić information content (AvgIpc) is 3.33. The molecule has 0 radical (unpaired) electrons. The predicted molar refractivity (Wildman–Crippen MR) is 153 cm³/mol. The van der Waals surface area contributed by atoms with Crippen molar-refractivity contribution in [2.45, 2.75) is 44.3 Å². The van der Waals surface area contributed by atoms with Gasteiger partial charge in [-0.1, -0.05) is 11.6 Å². The van der Waals surface area contributed by atoms with Crippen LogP contribution in [0.5, 0.6) is 0 Å². The Labute approximate surface area is 237 Å². The molecule has 2 heterocycles. The Hall–Kier alpha value is -3.06. The number of carbonyl (C=O) groups is 3. The van der Waals surface area contributed by atoms with Crippen molar-refractivity contribution in [1.29, 1.82) is 0 Å². The molecule has 1 aliphatic heterocycles. The summed E-state index contributed by atoms with van der Waals surface area (Å²) in [6.07, 6.45) is 2.35. The highest BCUT2D eigenvalue weighted by molar-refractivity contribution is 7.13. The molecule has 0 bridgehead atoms. The van der Waals surface area contributed by atoms with Crippen LogP contribution in [0, 0.1) is 5.92 Å². The van der Waals surface area contributed by atoms with Crippen LogP contribution in [0.4, 0.5) is 5.69 Å². The number of likely N-dealkylation sites (N-methyl/N-ethyl adjacent to an activating group) is 1. The van der Waals surface area contributed by atoms with Crippen LogP contribution in [0.2, 0.25) is 5.02 Å². The van der Waals surface area contributed by atoms with Crippen LogP contribution >= 0.6 is 22.9 Å². The van der Waals surface area contributed by atoms with E-state index in [4.69, 9.17) is 16.6 Å². The molecule has 1 aromatic heterocycles. The second-order valence-electron chi connectivity index (χ2n) is 10.1. The number of halogens is 1. The Balaban J connectivity index is 1.55. The number of hydrogen-bond acceptors (Lipinski definition) is 8. The van der Waals surface area contributed by atoms with Crippen molar-refractivity contribution in [2.75, 3.05) is 40.1 Å². The number of aromatic nitrogens is 1. The van der Waals surface area contributed by atoms with Gasteiger partial charge in [-0.25, -0.2) is 10.4 Å². The highest BCUT2D eigenvalue weighted by atomic mass is 35.5. The summed E-state index contributed by atoms with van der Waals surface area (Å²) in [6.45, 7) is 1.68. The van der Waals surface area contributed by atoms with Crippen LogP contribution < -0.4 is 21.5 Å². The number of thiazole rings is 1. The molecular formula is C26H35ClN8O3S. The number of rotatable bonds is 6. The number of benzene rings is 1. The molecule has 2 aromatic rings. The van der Waals surface area contributed by atoms with Gasteiger partial charge in [0.05, 0.1) is 17.8 Å². The van der Waals surface area contributed by atoms with Gasteiger partial charge in [0.15, 0.2) is 5.01 Å². The zero-order chi connectivity index (χ0) is 28.1. The number of nitrogens with zero attached hydrogens (tertiary/aromatic N) is 4. The summed E-state index contributed by atoms with van der Waals surface area (Å²) in [4.78, 5) is 53.4. The Morgan fingerprint density at radius 3 is 2.62 bits per heavy atom. The van der Waals surface area contributed by atoms with E-state index in [1.165, 1.54) is 11.3 Å². The SMILES string of the molecule is CNNC(=NC1CCC(C(=O)N(C)C)CC1NC(=O)c1nc2c(s1)CN(C)CC2)C(=O)Nc1ccc(Cl)cc1. The maximum Gasteiger partial charge on any atom is 0.292 e. The van der Waals surface area contributed by atoms with E-state index >= 15 is 0 Å². The third-order valence-corrected chi connectivity index (χ3v) is 8.23. The summed E-state index contributed by atoms with van der Waals surface area (Å²) in [7, 11) is 7.15. The highest BCUT2D eigenvalue weighted by Crippen LogP contribution is 2.30. The van der Waals surface area contributed by atoms with Crippen LogP contribution in [0.25, 0.3) is 0 Å². The average molecular weight is 575 g/mol. The van der Waals surface area contributed by atoms with Crippen LogP contribution in [0.3, 0.4) is 0 Å². The van der Waals surface area contributed by atoms with Crippen LogP contribution in [-0.2, 0) is 22.6 Å². The molecule has 13 heteroatoms. The normalized spacial score (nSPS) is 21.6. The van der Waals surface area contributed by atoms with Crippen molar-refractivity contribution in [1.82, 2.24) is 31.0 Å². The molecule has 4 rings (SSSR count). The lowest BCUT2D eigenvalue weighted by Gasteiger charge is -2.35. The topological polar surface area (TPSA) is 131 Å². The van der Waals surface area contributed by atoms with Crippen molar-refractivity contribution >= 4 is 52.2 Å². The van der Waals surface area contributed by atoms with E-state index in [1.807, 2.05) is 0 Å². The first kappa shape index (κ1) is 28.9. The molecule has 1 aliphatic carbocycles. The van der Waals surface area contributed by atoms with Crippen molar-refractivity contribution in [2.24, 2.45) is 10.9 Å². The zero-order valence-corrected chi connectivity index (χ0v) is 24.2. The molecule has 4 N–H and O–H groups in total. The quantitative estimate of drug-likeness (QED) is 0.235.